The fourth-order valence-electron chi connectivity index (χ4n) is 1.81. The minimum Gasteiger partial charge on any atom is -0.490 e. The molecule has 0 amide bonds. The highest BCUT2D eigenvalue weighted by atomic mass is 79.9. The molecule has 0 saturated carbocycles. The Morgan fingerprint density at radius 2 is 1.60 bits per heavy atom. The zero-order chi connectivity index (χ0) is 14.5. The zero-order valence-electron chi connectivity index (χ0n) is 11.7. The van der Waals surface area contributed by atoms with Gasteiger partial charge in [-0.3, -0.25) is 0 Å². The molecule has 0 bridgehead atoms. The normalized spacial score (nSPS) is 10.3. The summed E-state index contributed by atoms with van der Waals surface area (Å²) in [5.74, 6) is 1.69. The fourth-order valence-corrected chi connectivity index (χ4v) is 2.07. The van der Waals surface area contributed by atoms with Gasteiger partial charge in [-0.15, -0.1) is 0 Å². The number of rotatable bonds is 5. The molecule has 3 nitrogen and oxygen atoms in total. The highest BCUT2D eigenvalue weighted by Gasteiger charge is 2.03. The monoisotopic (exact) mass is 335 g/mol. The van der Waals surface area contributed by atoms with Crippen LogP contribution in [0.15, 0.2) is 40.9 Å². The van der Waals surface area contributed by atoms with Crippen LogP contribution in [0.5, 0.6) is 11.5 Å². The number of hydrogen-bond donors (Lipinski definition) is 1. The number of aryl methyl sites for hydroxylation is 2. The second-order valence-corrected chi connectivity index (χ2v) is 5.54. The van der Waals surface area contributed by atoms with Crippen molar-refractivity contribution in [3.63, 3.8) is 0 Å². The second-order valence-electron chi connectivity index (χ2n) is 4.63. The van der Waals surface area contributed by atoms with Crippen molar-refractivity contribution < 1.29 is 9.47 Å². The summed E-state index contributed by atoms with van der Waals surface area (Å²) >= 11 is 3.39. The molecule has 2 N–H and O–H groups in total. The van der Waals surface area contributed by atoms with Gasteiger partial charge in [-0.05, 0) is 61.4 Å². The maximum absolute atomic E-state index is 5.85. The Morgan fingerprint density at radius 3 is 2.30 bits per heavy atom. The van der Waals surface area contributed by atoms with Gasteiger partial charge in [-0.25, -0.2) is 0 Å². The molecule has 2 rings (SSSR count). The molecule has 0 radical (unpaired) electrons. The molecule has 106 valence electrons. The minimum absolute atomic E-state index is 0.500. The van der Waals surface area contributed by atoms with Crippen LogP contribution in [0.1, 0.15) is 11.1 Å². The summed E-state index contributed by atoms with van der Waals surface area (Å²) in [4.78, 5) is 0. The number of benzene rings is 2. The molecule has 0 aliphatic rings. The van der Waals surface area contributed by atoms with Crippen molar-refractivity contribution in [2.75, 3.05) is 18.9 Å². The van der Waals surface area contributed by atoms with E-state index in [4.69, 9.17) is 15.2 Å². The molecule has 0 heterocycles. The molecule has 0 aliphatic carbocycles. The van der Waals surface area contributed by atoms with E-state index >= 15 is 0 Å². The van der Waals surface area contributed by atoms with E-state index in [0.29, 0.717) is 13.2 Å². The summed E-state index contributed by atoms with van der Waals surface area (Å²) in [7, 11) is 0. The van der Waals surface area contributed by atoms with Gasteiger partial charge in [0.1, 0.15) is 24.7 Å². The van der Waals surface area contributed by atoms with Gasteiger partial charge in [0.25, 0.3) is 0 Å². The molecule has 0 saturated heterocycles. The zero-order valence-corrected chi connectivity index (χ0v) is 13.2. The maximum atomic E-state index is 5.85. The second kappa shape index (κ2) is 6.66. The van der Waals surface area contributed by atoms with Crippen molar-refractivity contribution in [2.24, 2.45) is 0 Å². The van der Waals surface area contributed by atoms with E-state index in [0.717, 1.165) is 32.8 Å². The first kappa shape index (κ1) is 14.7. The van der Waals surface area contributed by atoms with Gasteiger partial charge in [0.15, 0.2) is 0 Å². The Hall–Kier alpha value is -1.68. The van der Waals surface area contributed by atoms with Gasteiger partial charge in [-0.2, -0.15) is 0 Å². The average Bonchev–Trinajstić information content (AvgIpc) is 2.42. The third kappa shape index (κ3) is 3.90. The number of hydrogen-bond acceptors (Lipinski definition) is 3. The summed E-state index contributed by atoms with van der Waals surface area (Å²) in [5, 5.41) is 0. The summed E-state index contributed by atoms with van der Waals surface area (Å²) in [6.07, 6.45) is 0. The van der Waals surface area contributed by atoms with E-state index in [9.17, 15) is 0 Å². The lowest BCUT2D eigenvalue weighted by Crippen LogP contribution is -2.10. The van der Waals surface area contributed by atoms with Crippen molar-refractivity contribution >= 4 is 21.6 Å². The quantitative estimate of drug-likeness (QED) is 0.660. The molecule has 0 aliphatic heterocycles. The number of ether oxygens (including phenoxy) is 2. The standard InChI is InChI=1S/C16H18BrNO2/c1-11-10-16(12(2)9-15(11)18)20-8-7-19-14-5-3-13(17)4-6-14/h3-6,9-10H,7-8,18H2,1-2H3. The van der Waals surface area contributed by atoms with E-state index in [1.807, 2.05) is 50.2 Å². The molecule has 0 aromatic heterocycles. The molecule has 2 aromatic carbocycles. The SMILES string of the molecule is Cc1cc(OCCOc2ccc(Br)cc2)c(C)cc1N. The topological polar surface area (TPSA) is 44.5 Å². The van der Waals surface area contributed by atoms with Crippen LogP contribution in [0.3, 0.4) is 0 Å². The van der Waals surface area contributed by atoms with Gasteiger partial charge < -0.3 is 15.2 Å². The largest absolute Gasteiger partial charge is 0.490 e. The van der Waals surface area contributed by atoms with Crippen LogP contribution >= 0.6 is 15.9 Å². The van der Waals surface area contributed by atoms with Crippen molar-refractivity contribution in [3.8, 4) is 11.5 Å². The Labute approximate surface area is 127 Å². The number of anilines is 1. The maximum Gasteiger partial charge on any atom is 0.122 e. The van der Waals surface area contributed by atoms with E-state index < -0.39 is 0 Å². The van der Waals surface area contributed by atoms with Crippen LogP contribution in [0.2, 0.25) is 0 Å². The van der Waals surface area contributed by atoms with Gasteiger partial charge in [0, 0.05) is 10.2 Å². The van der Waals surface area contributed by atoms with Gasteiger partial charge in [0.2, 0.25) is 0 Å². The Morgan fingerprint density at radius 1 is 0.950 bits per heavy atom. The van der Waals surface area contributed by atoms with E-state index in [1.165, 1.54) is 0 Å². The molecular weight excluding hydrogens is 318 g/mol. The molecule has 4 heteroatoms. The predicted molar refractivity (Wildman–Crippen MR) is 85.5 cm³/mol. The van der Waals surface area contributed by atoms with E-state index in [1.54, 1.807) is 0 Å². The van der Waals surface area contributed by atoms with Crippen LogP contribution in [-0.2, 0) is 0 Å². The van der Waals surface area contributed by atoms with Crippen LogP contribution < -0.4 is 15.2 Å². The number of nitrogens with two attached hydrogens (primary N) is 1. The summed E-state index contributed by atoms with van der Waals surface area (Å²) in [6.45, 7) is 4.96. The Bertz CT molecular complexity index is 582. The predicted octanol–water partition coefficient (Wildman–Crippen LogP) is 4.11. The fraction of sp³-hybridized carbons (Fsp3) is 0.250. The highest BCUT2D eigenvalue weighted by molar-refractivity contribution is 9.10. The lowest BCUT2D eigenvalue weighted by molar-refractivity contribution is 0.216. The van der Waals surface area contributed by atoms with E-state index in [2.05, 4.69) is 15.9 Å². The van der Waals surface area contributed by atoms with Crippen molar-refractivity contribution in [2.45, 2.75) is 13.8 Å². The van der Waals surface area contributed by atoms with E-state index in [-0.39, 0.29) is 0 Å². The molecule has 2 aromatic rings. The van der Waals surface area contributed by atoms with Gasteiger partial charge in [-0.1, -0.05) is 15.9 Å². The van der Waals surface area contributed by atoms with Crippen molar-refractivity contribution in [3.05, 3.63) is 52.0 Å². The molecule has 20 heavy (non-hydrogen) atoms. The lowest BCUT2D eigenvalue weighted by atomic mass is 10.1. The molecular formula is C16H18BrNO2. The van der Waals surface area contributed by atoms with Gasteiger partial charge in [0.05, 0.1) is 0 Å². The first-order valence-corrected chi connectivity index (χ1v) is 7.23. The Kier molecular flexibility index (Phi) is 4.90. The first-order chi connectivity index (χ1) is 9.56. The molecule has 0 unspecified atom stereocenters. The third-order valence-electron chi connectivity index (χ3n) is 2.99. The van der Waals surface area contributed by atoms with Gasteiger partial charge >= 0.3 is 0 Å². The molecule has 0 spiro atoms. The van der Waals surface area contributed by atoms with Crippen molar-refractivity contribution in [1.29, 1.82) is 0 Å². The van der Waals surface area contributed by atoms with Crippen LogP contribution in [0.4, 0.5) is 5.69 Å². The molecule has 0 fully saturated rings. The van der Waals surface area contributed by atoms with Crippen molar-refractivity contribution in [1.82, 2.24) is 0 Å². The Balaban J connectivity index is 1.84. The first-order valence-electron chi connectivity index (χ1n) is 6.44. The summed E-state index contributed by atoms with van der Waals surface area (Å²) < 4.78 is 12.4. The highest BCUT2D eigenvalue weighted by Crippen LogP contribution is 2.24. The lowest BCUT2D eigenvalue weighted by Gasteiger charge is -2.12. The average molecular weight is 336 g/mol. The molecule has 0 atom stereocenters. The van der Waals surface area contributed by atoms with Crippen LogP contribution in [-0.4, -0.2) is 13.2 Å². The minimum atomic E-state index is 0.500. The van der Waals surface area contributed by atoms with Crippen LogP contribution in [0, 0.1) is 13.8 Å². The van der Waals surface area contributed by atoms with Crippen LogP contribution in [0.25, 0.3) is 0 Å². The third-order valence-corrected chi connectivity index (χ3v) is 3.52. The summed E-state index contributed by atoms with van der Waals surface area (Å²) in [5.41, 5.74) is 8.71. The number of halogens is 1. The smallest absolute Gasteiger partial charge is 0.122 e. The summed E-state index contributed by atoms with van der Waals surface area (Å²) in [6, 6.07) is 11.6. The number of nitrogen functional groups attached to an aromatic ring is 1.